The molecule has 1 saturated heterocycles. The molecule has 7 nitrogen and oxygen atoms in total. The Kier molecular flexibility index (Phi) is 2.82. The van der Waals surface area contributed by atoms with E-state index in [0.717, 1.165) is 0 Å². The summed E-state index contributed by atoms with van der Waals surface area (Å²) in [6, 6.07) is 6.36. The molecule has 1 aliphatic carbocycles. The Hall–Kier alpha value is -2.25. The molecule has 2 heterocycles. The third-order valence-electron chi connectivity index (χ3n) is 4.20. The number of hydrogen-bond acceptors (Lipinski definition) is 6. The number of carbonyl (C=O) groups is 3. The van der Waals surface area contributed by atoms with Crippen LogP contribution in [0.15, 0.2) is 24.3 Å². The van der Waals surface area contributed by atoms with Crippen LogP contribution in [0.25, 0.3) is 0 Å². The quantitative estimate of drug-likeness (QED) is 0.755. The minimum atomic E-state index is -0.675. The normalized spacial score (nSPS) is 22.8. The van der Waals surface area contributed by atoms with Gasteiger partial charge < -0.3 is 14.3 Å². The van der Waals surface area contributed by atoms with E-state index in [1.807, 2.05) is 0 Å². The number of benzene rings is 1. The Morgan fingerprint density at radius 1 is 1.09 bits per heavy atom. The van der Waals surface area contributed by atoms with Gasteiger partial charge in [0, 0.05) is 12.8 Å². The molecule has 22 heavy (non-hydrogen) atoms. The van der Waals surface area contributed by atoms with Crippen LogP contribution in [0.3, 0.4) is 0 Å². The van der Waals surface area contributed by atoms with Gasteiger partial charge in [0.15, 0.2) is 5.79 Å². The summed E-state index contributed by atoms with van der Waals surface area (Å²) in [6.07, 6.45) is 0.768. The van der Waals surface area contributed by atoms with Gasteiger partial charge in [-0.05, 0) is 12.1 Å². The highest BCUT2D eigenvalue weighted by molar-refractivity contribution is 6.20. The second-order valence-corrected chi connectivity index (χ2v) is 5.57. The van der Waals surface area contributed by atoms with Crippen molar-refractivity contribution in [1.29, 1.82) is 0 Å². The lowest BCUT2D eigenvalue weighted by molar-refractivity contribution is -0.241. The van der Waals surface area contributed by atoms with Crippen LogP contribution in [0.1, 0.15) is 33.6 Å². The first kappa shape index (κ1) is 13.4. The molecule has 7 heteroatoms. The topological polar surface area (TPSA) is 82.1 Å². The zero-order valence-corrected chi connectivity index (χ0v) is 11.6. The first-order valence-corrected chi connectivity index (χ1v) is 7.07. The molecular formula is C15H13NO6. The van der Waals surface area contributed by atoms with E-state index in [1.54, 1.807) is 12.1 Å². The lowest BCUT2D eigenvalue weighted by Gasteiger charge is -2.41. The van der Waals surface area contributed by atoms with E-state index >= 15 is 0 Å². The molecule has 0 aromatic heterocycles. The zero-order chi connectivity index (χ0) is 15.3. The molecule has 0 radical (unpaired) electrons. The molecule has 1 saturated carbocycles. The maximum atomic E-state index is 12.1. The number of nitrogens with zero attached hydrogens (tertiary/aromatic N) is 1. The summed E-state index contributed by atoms with van der Waals surface area (Å²) >= 11 is 0. The van der Waals surface area contributed by atoms with E-state index in [2.05, 4.69) is 0 Å². The fourth-order valence-corrected chi connectivity index (χ4v) is 3.00. The van der Waals surface area contributed by atoms with Crippen LogP contribution < -0.4 is 0 Å². The Bertz CT molecular complexity index is 635. The summed E-state index contributed by atoms with van der Waals surface area (Å²) < 4.78 is 10.9. The maximum absolute atomic E-state index is 12.1. The van der Waals surface area contributed by atoms with Crippen LogP contribution in [-0.2, 0) is 19.1 Å². The number of rotatable bonds is 2. The highest BCUT2D eigenvalue weighted by Gasteiger charge is 2.53. The third-order valence-corrected chi connectivity index (χ3v) is 4.20. The standard InChI is InChI=1S/C15H13NO6/c17-12-10-3-1-2-4-11(10)13(18)16(12)22-14(19)9-7-15(8-9)20-5-6-21-15/h1-4,9H,5-8H2. The second-order valence-electron chi connectivity index (χ2n) is 5.57. The third kappa shape index (κ3) is 1.86. The van der Waals surface area contributed by atoms with Crippen LogP contribution in [-0.4, -0.2) is 41.8 Å². The Morgan fingerprint density at radius 2 is 1.64 bits per heavy atom. The minimum Gasteiger partial charge on any atom is -0.347 e. The van der Waals surface area contributed by atoms with E-state index in [0.29, 0.717) is 31.1 Å². The van der Waals surface area contributed by atoms with Crippen molar-refractivity contribution in [2.75, 3.05) is 13.2 Å². The van der Waals surface area contributed by atoms with Crippen molar-refractivity contribution in [2.24, 2.45) is 5.92 Å². The highest BCUT2D eigenvalue weighted by Crippen LogP contribution is 2.45. The van der Waals surface area contributed by atoms with Crippen molar-refractivity contribution in [2.45, 2.75) is 18.6 Å². The number of hydroxylamine groups is 2. The molecule has 2 fully saturated rings. The van der Waals surface area contributed by atoms with Gasteiger partial charge in [0.2, 0.25) is 0 Å². The van der Waals surface area contributed by atoms with Crippen LogP contribution in [0.4, 0.5) is 0 Å². The molecule has 0 N–H and O–H groups in total. The molecule has 0 unspecified atom stereocenters. The number of hydrogen-bond donors (Lipinski definition) is 0. The van der Waals surface area contributed by atoms with Gasteiger partial charge in [-0.3, -0.25) is 9.59 Å². The highest BCUT2D eigenvalue weighted by atomic mass is 16.7. The van der Waals surface area contributed by atoms with Crippen LogP contribution >= 0.6 is 0 Å². The molecular weight excluding hydrogens is 290 g/mol. The van der Waals surface area contributed by atoms with E-state index in [9.17, 15) is 14.4 Å². The van der Waals surface area contributed by atoms with Gasteiger partial charge in [0.05, 0.1) is 30.3 Å². The predicted octanol–water partition coefficient (Wildman–Crippen LogP) is 0.894. The number of fused-ring (bicyclic) bond motifs is 1. The van der Waals surface area contributed by atoms with Crippen molar-refractivity contribution < 1.29 is 28.7 Å². The lowest BCUT2D eigenvalue weighted by atomic mass is 9.79. The zero-order valence-electron chi connectivity index (χ0n) is 11.6. The van der Waals surface area contributed by atoms with Gasteiger partial charge in [-0.25, -0.2) is 4.79 Å². The van der Waals surface area contributed by atoms with Gasteiger partial charge in [-0.2, -0.15) is 0 Å². The van der Waals surface area contributed by atoms with E-state index in [-0.39, 0.29) is 11.1 Å². The van der Waals surface area contributed by atoms with Crippen molar-refractivity contribution in [1.82, 2.24) is 5.06 Å². The first-order chi connectivity index (χ1) is 10.6. The molecule has 2 aliphatic heterocycles. The molecule has 3 aliphatic rings. The summed E-state index contributed by atoms with van der Waals surface area (Å²) in [5.41, 5.74) is 0.487. The first-order valence-electron chi connectivity index (χ1n) is 7.07. The SMILES string of the molecule is O=C(ON1C(=O)c2ccccc2C1=O)C1CC2(C1)OCCO2. The number of ether oxygens (including phenoxy) is 2. The molecule has 1 aromatic rings. The van der Waals surface area contributed by atoms with Gasteiger partial charge in [-0.1, -0.05) is 17.2 Å². The average Bonchev–Trinajstić information content (AvgIpc) is 3.06. The molecule has 1 spiro atoms. The van der Waals surface area contributed by atoms with Gasteiger partial charge >= 0.3 is 5.97 Å². The van der Waals surface area contributed by atoms with Gasteiger partial charge in [0.1, 0.15) is 0 Å². The van der Waals surface area contributed by atoms with Gasteiger partial charge in [0.25, 0.3) is 11.8 Å². The van der Waals surface area contributed by atoms with E-state index in [1.165, 1.54) is 12.1 Å². The summed E-state index contributed by atoms with van der Waals surface area (Å²) in [5.74, 6) is -2.94. The summed E-state index contributed by atoms with van der Waals surface area (Å²) in [6.45, 7) is 1.03. The molecule has 0 bridgehead atoms. The van der Waals surface area contributed by atoms with Crippen molar-refractivity contribution >= 4 is 17.8 Å². The number of carbonyl (C=O) groups excluding carboxylic acids is 3. The average molecular weight is 303 g/mol. The van der Waals surface area contributed by atoms with Crippen molar-refractivity contribution in [3.8, 4) is 0 Å². The fraction of sp³-hybridized carbons (Fsp3) is 0.400. The molecule has 0 atom stereocenters. The molecule has 2 amide bonds. The molecule has 4 rings (SSSR count). The monoisotopic (exact) mass is 303 g/mol. The fourth-order valence-electron chi connectivity index (χ4n) is 3.00. The molecule has 114 valence electrons. The predicted molar refractivity (Wildman–Crippen MR) is 70.4 cm³/mol. The number of imide groups is 1. The van der Waals surface area contributed by atoms with Crippen molar-refractivity contribution in [3.63, 3.8) is 0 Å². The maximum Gasteiger partial charge on any atom is 0.336 e. The van der Waals surface area contributed by atoms with Crippen LogP contribution in [0.2, 0.25) is 0 Å². The molecule has 1 aromatic carbocycles. The van der Waals surface area contributed by atoms with E-state index < -0.39 is 29.5 Å². The van der Waals surface area contributed by atoms with Crippen LogP contribution in [0.5, 0.6) is 0 Å². The summed E-state index contributed by atoms with van der Waals surface area (Å²) in [4.78, 5) is 41.3. The minimum absolute atomic E-state index is 0.243. The Balaban J connectivity index is 1.43. The summed E-state index contributed by atoms with van der Waals surface area (Å²) in [5, 5.41) is 0.536. The number of amides is 2. The van der Waals surface area contributed by atoms with E-state index in [4.69, 9.17) is 14.3 Å². The summed E-state index contributed by atoms with van der Waals surface area (Å²) in [7, 11) is 0. The second kappa shape index (κ2) is 4.62. The van der Waals surface area contributed by atoms with Crippen LogP contribution in [0, 0.1) is 5.92 Å². The Labute approximate surface area is 125 Å². The smallest absolute Gasteiger partial charge is 0.336 e. The Morgan fingerprint density at radius 3 is 2.18 bits per heavy atom. The van der Waals surface area contributed by atoms with Gasteiger partial charge in [-0.15, -0.1) is 0 Å². The van der Waals surface area contributed by atoms with Crippen molar-refractivity contribution in [3.05, 3.63) is 35.4 Å². The largest absolute Gasteiger partial charge is 0.347 e. The lowest BCUT2D eigenvalue weighted by Crippen LogP contribution is -2.49.